The summed E-state index contributed by atoms with van der Waals surface area (Å²) in [5.41, 5.74) is 0. The Morgan fingerprint density at radius 1 is 1.50 bits per heavy atom. The van der Waals surface area contributed by atoms with Crippen molar-refractivity contribution in [1.82, 2.24) is 15.5 Å². The summed E-state index contributed by atoms with van der Waals surface area (Å²) < 4.78 is 10.7. The van der Waals surface area contributed by atoms with E-state index in [1.807, 2.05) is 7.05 Å². The fourth-order valence-electron chi connectivity index (χ4n) is 1.61. The van der Waals surface area contributed by atoms with Gasteiger partial charge in [0.2, 0.25) is 11.7 Å². The van der Waals surface area contributed by atoms with Gasteiger partial charge in [-0.3, -0.25) is 0 Å². The number of aromatic nitrogens is 2. The summed E-state index contributed by atoms with van der Waals surface area (Å²) in [4.78, 5) is 4.25. The molecule has 0 aromatic carbocycles. The third kappa shape index (κ3) is 1.93. The number of hydrogen-bond donors (Lipinski definition) is 1. The molecular formula is C9H15N3O2. The molecule has 1 aliphatic rings. The van der Waals surface area contributed by atoms with Crippen molar-refractivity contribution in [1.29, 1.82) is 0 Å². The van der Waals surface area contributed by atoms with E-state index in [0.717, 1.165) is 12.8 Å². The highest BCUT2D eigenvalue weighted by Gasteiger charge is 2.27. The van der Waals surface area contributed by atoms with Crippen LogP contribution < -0.4 is 5.32 Å². The average Bonchev–Trinajstić information content (AvgIpc) is 2.74. The van der Waals surface area contributed by atoms with E-state index in [1.54, 1.807) is 0 Å². The molecule has 0 bridgehead atoms. The normalized spacial score (nSPS) is 27.0. The molecule has 2 heterocycles. The minimum Gasteiger partial charge on any atom is -0.367 e. The SMILES string of the molecule is CNCc1nc(C2CCC(C)O2)no1. The maximum absolute atomic E-state index is 5.63. The van der Waals surface area contributed by atoms with Gasteiger partial charge in [-0.1, -0.05) is 5.16 Å². The summed E-state index contributed by atoms with van der Waals surface area (Å²) >= 11 is 0. The average molecular weight is 197 g/mol. The first-order chi connectivity index (χ1) is 6.79. The van der Waals surface area contributed by atoms with Crippen molar-refractivity contribution in [2.24, 2.45) is 0 Å². The lowest BCUT2D eigenvalue weighted by Gasteiger charge is -2.04. The monoisotopic (exact) mass is 197 g/mol. The first kappa shape index (κ1) is 9.61. The van der Waals surface area contributed by atoms with Crippen molar-refractivity contribution in [3.8, 4) is 0 Å². The van der Waals surface area contributed by atoms with Gasteiger partial charge in [0.25, 0.3) is 0 Å². The Labute approximate surface area is 82.8 Å². The molecule has 1 N–H and O–H groups in total. The fraction of sp³-hybridized carbons (Fsp3) is 0.778. The Balaban J connectivity index is 2.02. The van der Waals surface area contributed by atoms with Crippen LogP contribution in [0.2, 0.25) is 0 Å². The Morgan fingerprint density at radius 2 is 2.36 bits per heavy atom. The van der Waals surface area contributed by atoms with Crippen LogP contribution in [-0.4, -0.2) is 23.3 Å². The van der Waals surface area contributed by atoms with Gasteiger partial charge in [0.1, 0.15) is 6.10 Å². The van der Waals surface area contributed by atoms with E-state index in [1.165, 1.54) is 0 Å². The van der Waals surface area contributed by atoms with Crippen LogP contribution in [0.1, 0.15) is 37.6 Å². The lowest BCUT2D eigenvalue weighted by atomic mass is 10.2. The Morgan fingerprint density at radius 3 is 3.00 bits per heavy atom. The smallest absolute Gasteiger partial charge is 0.240 e. The molecule has 1 saturated heterocycles. The highest BCUT2D eigenvalue weighted by Crippen LogP contribution is 2.30. The molecule has 1 fully saturated rings. The number of nitrogens with one attached hydrogen (secondary N) is 1. The summed E-state index contributed by atoms with van der Waals surface area (Å²) in [6.45, 7) is 2.67. The van der Waals surface area contributed by atoms with E-state index in [-0.39, 0.29) is 6.10 Å². The lowest BCUT2D eigenvalue weighted by molar-refractivity contribution is 0.0489. The van der Waals surface area contributed by atoms with Gasteiger partial charge in [-0.25, -0.2) is 0 Å². The zero-order valence-corrected chi connectivity index (χ0v) is 8.49. The highest BCUT2D eigenvalue weighted by atomic mass is 16.5. The van der Waals surface area contributed by atoms with Gasteiger partial charge >= 0.3 is 0 Å². The molecule has 14 heavy (non-hydrogen) atoms. The van der Waals surface area contributed by atoms with Crippen molar-refractivity contribution in [3.63, 3.8) is 0 Å². The topological polar surface area (TPSA) is 60.2 Å². The second kappa shape index (κ2) is 4.06. The standard InChI is InChI=1S/C9H15N3O2/c1-6-3-4-7(13-6)9-11-8(5-10-2)14-12-9/h6-7,10H,3-5H2,1-2H3. The van der Waals surface area contributed by atoms with Crippen LogP contribution >= 0.6 is 0 Å². The zero-order valence-electron chi connectivity index (χ0n) is 8.49. The van der Waals surface area contributed by atoms with Crippen molar-refractivity contribution >= 4 is 0 Å². The fourth-order valence-corrected chi connectivity index (χ4v) is 1.61. The second-order valence-electron chi connectivity index (χ2n) is 3.59. The van der Waals surface area contributed by atoms with E-state index in [4.69, 9.17) is 9.26 Å². The zero-order chi connectivity index (χ0) is 9.97. The minimum atomic E-state index is 0.0272. The summed E-state index contributed by atoms with van der Waals surface area (Å²) in [6.07, 6.45) is 2.39. The summed E-state index contributed by atoms with van der Waals surface area (Å²) in [7, 11) is 1.85. The van der Waals surface area contributed by atoms with Crippen LogP contribution in [0.15, 0.2) is 4.52 Å². The van der Waals surface area contributed by atoms with Crippen LogP contribution in [0.4, 0.5) is 0 Å². The van der Waals surface area contributed by atoms with Crippen molar-refractivity contribution < 1.29 is 9.26 Å². The first-order valence-corrected chi connectivity index (χ1v) is 4.92. The number of rotatable bonds is 3. The van der Waals surface area contributed by atoms with E-state index in [0.29, 0.717) is 24.4 Å². The van der Waals surface area contributed by atoms with E-state index < -0.39 is 0 Å². The van der Waals surface area contributed by atoms with Gasteiger partial charge in [0.05, 0.1) is 12.6 Å². The minimum absolute atomic E-state index is 0.0272. The molecule has 0 spiro atoms. The largest absolute Gasteiger partial charge is 0.367 e. The third-order valence-electron chi connectivity index (χ3n) is 2.33. The molecular weight excluding hydrogens is 182 g/mol. The van der Waals surface area contributed by atoms with E-state index >= 15 is 0 Å². The predicted molar refractivity (Wildman–Crippen MR) is 49.6 cm³/mol. The molecule has 78 valence electrons. The van der Waals surface area contributed by atoms with Gasteiger partial charge in [-0.2, -0.15) is 4.98 Å². The van der Waals surface area contributed by atoms with Crippen LogP contribution in [-0.2, 0) is 11.3 Å². The second-order valence-corrected chi connectivity index (χ2v) is 3.59. The first-order valence-electron chi connectivity index (χ1n) is 4.92. The van der Waals surface area contributed by atoms with Gasteiger partial charge in [-0.05, 0) is 26.8 Å². The molecule has 1 aromatic rings. The maximum atomic E-state index is 5.63. The lowest BCUT2D eigenvalue weighted by Crippen LogP contribution is -2.06. The van der Waals surface area contributed by atoms with Crippen molar-refractivity contribution in [3.05, 3.63) is 11.7 Å². The summed E-state index contributed by atoms with van der Waals surface area (Å²) in [6, 6.07) is 0. The van der Waals surface area contributed by atoms with Crippen LogP contribution in [0.3, 0.4) is 0 Å². The molecule has 2 rings (SSSR count). The number of nitrogens with zero attached hydrogens (tertiary/aromatic N) is 2. The number of hydrogen-bond acceptors (Lipinski definition) is 5. The van der Waals surface area contributed by atoms with Gasteiger partial charge in [0, 0.05) is 0 Å². The molecule has 0 saturated carbocycles. The molecule has 0 aliphatic carbocycles. The molecule has 2 unspecified atom stereocenters. The Bertz CT molecular complexity index is 300. The van der Waals surface area contributed by atoms with E-state index in [9.17, 15) is 0 Å². The molecule has 0 radical (unpaired) electrons. The van der Waals surface area contributed by atoms with Crippen molar-refractivity contribution in [2.45, 2.75) is 38.5 Å². The van der Waals surface area contributed by atoms with Crippen LogP contribution in [0.25, 0.3) is 0 Å². The predicted octanol–water partition coefficient (Wildman–Crippen LogP) is 1.03. The van der Waals surface area contributed by atoms with Crippen molar-refractivity contribution in [2.75, 3.05) is 7.05 Å². The molecule has 1 aromatic heterocycles. The third-order valence-corrected chi connectivity index (χ3v) is 2.33. The van der Waals surface area contributed by atoms with Gasteiger partial charge < -0.3 is 14.6 Å². The number of ether oxygens (including phenoxy) is 1. The highest BCUT2D eigenvalue weighted by molar-refractivity contribution is 4.93. The van der Waals surface area contributed by atoms with Crippen LogP contribution in [0, 0.1) is 0 Å². The van der Waals surface area contributed by atoms with Gasteiger partial charge in [-0.15, -0.1) is 0 Å². The Hall–Kier alpha value is -0.940. The molecule has 2 atom stereocenters. The van der Waals surface area contributed by atoms with Gasteiger partial charge in [0.15, 0.2) is 0 Å². The quantitative estimate of drug-likeness (QED) is 0.784. The molecule has 5 heteroatoms. The van der Waals surface area contributed by atoms with Crippen LogP contribution in [0.5, 0.6) is 0 Å². The molecule has 5 nitrogen and oxygen atoms in total. The van der Waals surface area contributed by atoms with E-state index in [2.05, 4.69) is 22.4 Å². The molecule has 1 aliphatic heterocycles. The maximum Gasteiger partial charge on any atom is 0.240 e. The summed E-state index contributed by atoms with van der Waals surface area (Å²) in [5.74, 6) is 1.30. The molecule has 0 amide bonds. The summed E-state index contributed by atoms with van der Waals surface area (Å²) in [5, 5.41) is 6.86. The Kier molecular flexibility index (Phi) is 2.79.